The van der Waals surface area contributed by atoms with Crippen LogP contribution in [-0.2, 0) is 4.74 Å². The minimum Gasteiger partial charge on any atom is -0.385 e. The van der Waals surface area contributed by atoms with Gasteiger partial charge in [0, 0.05) is 20.3 Å². The van der Waals surface area contributed by atoms with Gasteiger partial charge in [0.05, 0.1) is 0 Å². The highest BCUT2D eigenvalue weighted by Crippen LogP contribution is 2.28. The maximum absolute atomic E-state index is 8.94. The molecule has 0 aliphatic carbocycles. The van der Waals surface area contributed by atoms with E-state index < -0.39 is 0 Å². The third kappa shape index (κ3) is 3.88. The molecule has 5 nitrogen and oxygen atoms in total. The first kappa shape index (κ1) is 13.7. The van der Waals surface area contributed by atoms with Crippen molar-refractivity contribution in [3.05, 3.63) is 5.56 Å². The van der Waals surface area contributed by atoms with E-state index in [0.29, 0.717) is 11.4 Å². The predicted octanol–water partition coefficient (Wildman–Crippen LogP) is 2.07. The summed E-state index contributed by atoms with van der Waals surface area (Å²) >= 11 is 1.23. The fourth-order valence-electron chi connectivity index (χ4n) is 1.32. The van der Waals surface area contributed by atoms with Crippen molar-refractivity contribution in [2.75, 3.05) is 31.3 Å². The molecule has 0 saturated heterocycles. The van der Waals surface area contributed by atoms with Crippen LogP contribution in [0.15, 0.2) is 0 Å². The van der Waals surface area contributed by atoms with E-state index in [4.69, 9.17) is 15.7 Å². The number of anilines is 2. The Hall–Kier alpha value is -1.32. The van der Waals surface area contributed by atoms with Crippen molar-refractivity contribution in [1.82, 2.24) is 4.37 Å². The van der Waals surface area contributed by atoms with E-state index >= 15 is 0 Å². The third-order valence-corrected chi connectivity index (χ3v) is 3.36. The van der Waals surface area contributed by atoms with Crippen LogP contribution in [0.1, 0.15) is 25.8 Å². The molecule has 94 valence electrons. The van der Waals surface area contributed by atoms with E-state index in [9.17, 15) is 0 Å². The molecule has 0 atom stereocenters. The number of nitriles is 1. The lowest BCUT2D eigenvalue weighted by atomic mass is 9.90. The van der Waals surface area contributed by atoms with Crippen LogP contribution in [0.4, 0.5) is 10.8 Å². The van der Waals surface area contributed by atoms with Crippen LogP contribution < -0.4 is 11.1 Å². The molecule has 1 rings (SSSR count). The van der Waals surface area contributed by atoms with Gasteiger partial charge in [-0.3, -0.25) is 0 Å². The summed E-state index contributed by atoms with van der Waals surface area (Å²) in [5, 5.41) is 12.9. The first-order chi connectivity index (χ1) is 8.00. The number of rotatable bonds is 6. The van der Waals surface area contributed by atoms with Gasteiger partial charge in [0.15, 0.2) is 5.82 Å². The summed E-state index contributed by atoms with van der Waals surface area (Å²) in [7, 11) is 1.70. The third-order valence-electron chi connectivity index (χ3n) is 2.54. The quantitative estimate of drug-likeness (QED) is 0.812. The Bertz CT molecular complexity index is 408. The minimum atomic E-state index is 0.0987. The van der Waals surface area contributed by atoms with Gasteiger partial charge < -0.3 is 15.8 Å². The highest BCUT2D eigenvalue weighted by Gasteiger charge is 2.19. The Morgan fingerprint density at radius 2 is 2.29 bits per heavy atom. The molecule has 0 spiro atoms. The summed E-state index contributed by atoms with van der Waals surface area (Å²) in [5.41, 5.74) is 6.13. The van der Waals surface area contributed by atoms with Crippen LogP contribution in [0, 0.1) is 16.7 Å². The largest absolute Gasteiger partial charge is 0.385 e. The highest BCUT2D eigenvalue weighted by atomic mass is 32.1. The Morgan fingerprint density at radius 3 is 2.88 bits per heavy atom. The molecule has 0 aromatic carbocycles. The zero-order valence-electron chi connectivity index (χ0n) is 10.4. The topological polar surface area (TPSA) is 84.0 Å². The Kier molecular flexibility index (Phi) is 4.73. The smallest absolute Gasteiger partial charge is 0.157 e. The van der Waals surface area contributed by atoms with Crippen molar-refractivity contribution in [3.63, 3.8) is 0 Å². The van der Waals surface area contributed by atoms with Gasteiger partial charge in [-0.25, -0.2) is 0 Å². The number of nitrogens with zero attached hydrogens (tertiary/aromatic N) is 2. The molecule has 3 N–H and O–H groups in total. The number of methoxy groups -OCH3 is 1. The molecule has 1 aromatic heterocycles. The van der Waals surface area contributed by atoms with Crippen LogP contribution in [0.25, 0.3) is 0 Å². The molecular weight excluding hydrogens is 236 g/mol. The zero-order valence-corrected chi connectivity index (χ0v) is 11.2. The molecule has 0 bridgehead atoms. The van der Waals surface area contributed by atoms with Crippen LogP contribution in [0.2, 0.25) is 0 Å². The van der Waals surface area contributed by atoms with Gasteiger partial charge in [-0.15, -0.1) is 0 Å². The van der Waals surface area contributed by atoms with Crippen LogP contribution in [0.5, 0.6) is 0 Å². The predicted molar refractivity (Wildman–Crippen MR) is 70.0 cm³/mol. The van der Waals surface area contributed by atoms with Crippen molar-refractivity contribution in [2.24, 2.45) is 5.41 Å². The van der Waals surface area contributed by atoms with Gasteiger partial charge in [-0.1, -0.05) is 13.8 Å². The van der Waals surface area contributed by atoms with E-state index in [-0.39, 0.29) is 5.41 Å². The van der Waals surface area contributed by atoms with Gasteiger partial charge in [0.2, 0.25) is 0 Å². The average molecular weight is 254 g/mol. The molecule has 6 heteroatoms. The number of nitrogens with one attached hydrogen (secondary N) is 1. The average Bonchev–Trinajstić information content (AvgIpc) is 2.65. The summed E-state index contributed by atoms with van der Waals surface area (Å²) in [6, 6.07) is 2.06. The van der Waals surface area contributed by atoms with E-state index in [0.717, 1.165) is 24.6 Å². The lowest BCUT2D eigenvalue weighted by Crippen LogP contribution is -2.24. The minimum absolute atomic E-state index is 0.0987. The van der Waals surface area contributed by atoms with Crippen LogP contribution >= 0.6 is 11.5 Å². The van der Waals surface area contributed by atoms with E-state index in [1.165, 1.54) is 11.5 Å². The number of hydrogen-bond acceptors (Lipinski definition) is 6. The molecule has 17 heavy (non-hydrogen) atoms. The molecule has 1 aromatic rings. The van der Waals surface area contributed by atoms with E-state index in [1.807, 2.05) is 0 Å². The highest BCUT2D eigenvalue weighted by molar-refractivity contribution is 7.10. The lowest BCUT2D eigenvalue weighted by molar-refractivity contribution is 0.157. The monoisotopic (exact) mass is 254 g/mol. The van der Waals surface area contributed by atoms with Gasteiger partial charge >= 0.3 is 0 Å². The number of hydrogen-bond donors (Lipinski definition) is 2. The molecule has 0 aliphatic heterocycles. The van der Waals surface area contributed by atoms with Gasteiger partial charge in [0.1, 0.15) is 16.6 Å². The SMILES string of the molecule is COCCC(C)(C)CNc1snc(N)c1C#N. The summed E-state index contributed by atoms with van der Waals surface area (Å²) < 4.78 is 9.03. The second-order valence-corrected chi connectivity index (χ2v) is 5.42. The molecule has 0 radical (unpaired) electrons. The molecular formula is C11H18N4OS. The lowest BCUT2D eigenvalue weighted by Gasteiger charge is -2.24. The van der Waals surface area contributed by atoms with Gasteiger partial charge in [-0.2, -0.15) is 9.64 Å². The second kappa shape index (κ2) is 5.84. The summed E-state index contributed by atoms with van der Waals surface area (Å²) in [6.07, 6.45) is 0.951. The van der Waals surface area contributed by atoms with Crippen molar-refractivity contribution in [2.45, 2.75) is 20.3 Å². The number of aromatic nitrogens is 1. The van der Waals surface area contributed by atoms with E-state index in [2.05, 4.69) is 29.6 Å². The van der Waals surface area contributed by atoms with Crippen molar-refractivity contribution in [3.8, 4) is 6.07 Å². The Labute approximate surface area is 106 Å². The molecule has 0 aliphatic rings. The number of nitrogen functional groups attached to an aromatic ring is 1. The number of ether oxygens (including phenoxy) is 1. The van der Waals surface area contributed by atoms with Crippen molar-refractivity contribution < 1.29 is 4.74 Å². The Balaban J connectivity index is 2.58. The van der Waals surface area contributed by atoms with E-state index in [1.54, 1.807) is 7.11 Å². The fourth-order valence-corrected chi connectivity index (χ4v) is 1.98. The second-order valence-electron chi connectivity index (χ2n) is 4.64. The normalized spacial score (nSPS) is 11.2. The van der Waals surface area contributed by atoms with Gasteiger partial charge in [-0.05, 0) is 23.4 Å². The first-order valence-corrected chi connectivity index (χ1v) is 6.15. The fraction of sp³-hybridized carbons (Fsp3) is 0.636. The summed E-state index contributed by atoms with van der Waals surface area (Å²) in [6.45, 7) is 5.78. The maximum Gasteiger partial charge on any atom is 0.157 e. The van der Waals surface area contributed by atoms with Crippen LogP contribution in [-0.4, -0.2) is 24.6 Å². The molecule has 0 unspecified atom stereocenters. The molecule has 0 fully saturated rings. The summed E-state index contributed by atoms with van der Waals surface area (Å²) in [5.74, 6) is 0.301. The molecule has 0 amide bonds. The molecule has 1 heterocycles. The van der Waals surface area contributed by atoms with Crippen LogP contribution in [0.3, 0.4) is 0 Å². The molecule has 0 saturated carbocycles. The number of nitrogens with two attached hydrogens (primary N) is 1. The Morgan fingerprint density at radius 1 is 1.59 bits per heavy atom. The maximum atomic E-state index is 8.94. The first-order valence-electron chi connectivity index (χ1n) is 5.38. The van der Waals surface area contributed by atoms with Gasteiger partial charge in [0.25, 0.3) is 0 Å². The van der Waals surface area contributed by atoms with Crippen molar-refractivity contribution >= 4 is 22.4 Å². The zero-order chi connectivity index (χ0) is 12.9. The summed E-state index contributed by atoms with van der Waals surface area (Å²) in [4.78, 5) is 0. The van der Waals surface area contributed by atoms with Crippen molar-refractivity contribution in [1.29, 1.82) is 5.26 Å². The standard InChI is InChI=1S/C11H18N4OS/c1-11(2,4-5-16-3)7-14-10-8(6-12)9(13)15-17-10/h14H,4-5,7H2,1-3H3,(H2,13,15).